The average molecular weight is 248 g/mol. The van der Waals surface area contributed by atoms with Gasteiger partial charge in [0, 0.05) is 12.2 Å². The van der Waals surface area contributed by atoms with E-state index >= 15 is 0 Å². The molecule has 0 aromatic heterocycles. The molecule has 0 aliphatic carbocycles. The SMILES string of the molecule is CCc1ccccc1NC(=O)[C@@H]1CC[C@H](CN)O1. The van der Waals surface area contributed by atoms with Crippen LogP contribution in [0.3, 0.4) is 0 Å². The lowest BCUT2D eigenvalue weighted by molar-refractivity contribution is -0.126. The fourth-order valence-corrected chi connectivity index (χ4v) is 2.24. The minimum Gasteiger partial charge on any atom is -0.364 e. The third-order valence-electron chi connectivity index (χ3n) is 3.32. The molecule has 0 bridgehead atoms. The van der Waals surface area contributed by atoms with E-state index in [2.05, 4.69) is 12.2 Å². The molecule has 0 saturated carbocycles. The third kappa shape index (κ3) is 2.89. The van der Waals surface area contributed by atoms with Crippen molar-refractivity contribution in [2.75, 3.05) is 11.9 Å². The standard InChI is InChI=1S/C14H20N2O2/c1-2-10-5-3-4-6-12(10)16-14(17)13-8-7-11(9-15)18-13/h3-6,11,13H,2,7-9,15H2,1H3,(H,16,17)/t11-,13+/m1/s1. The van der Waals surface area contributed by atoms with E-state index in [4.69, 9.17) is 10.5 Å². The van der Waals surface area contributed by atoms with Crippen molar-refractivity contribution in [1.82, 2.24) is 0 Å². The number of carbonyl (C=O) groups excluding carboxylic acids is 1. The topological polar surface area (TPSA) is 64.4 Å². The smallest absolute Gasteiger partial charge is 0.253 e. The minimum atomic E-state index is -0.358. The lowest BCUT2D eigenvalue weighted by atomic mass is 10.1. The first-order valence-corrected chi connectivity index (χ1v) is 6.49. The number of anilines is 1. The number of aryl methyl sites for hydroxylation is 1. The summed E-state index contributed by atoms with van der Waals surface area (Å²) in [6.07, 6.45) is 2.19. The average Bonchev–Trinajstić information content (AvgIpc) is 2.88. The summed E-state index contributed by atoms with van der Waals surface area (Å²) in [5.74, 6) is -0.0631. The van der Waals surface area contributed by atoms with Crippen LogP contribution < -0.4 is 11.1 Å². The predicted molar refractivity (Wildman–Crippen MR) is 71.4 cm³/mol. The molecule has 1 fully saturated rings. The monoisotopic (exact) mass is 248 g/mol. The Hall–Kier alpha value is -1.39. The number of benzene rings is 1. The molecule has 1 heterocycles. The van der Waals surface area contributed by atoms with E-state index in [1.807, 2.05) is 24.3 Å². The lowest BCUT2D eigenvalue weighted by Crippen LogP contribution is -2.30. The van der Waals surface area contributed by atoms with Gasteiger partial charge in [-0.3, -0.25) is 4.79 Å². The number of carbonyl (C=O) groups is 1. The van der Waals surface area contributed by atoms with Crippen molar-refractivity contribution in [1.29, 1.82) is 0 Å². The van der Waals surface area contributed by atoms with E-state index < -0.39 is 0 Å². The van der Waals surface area contributed by atoms with Crippen LogP contribution in [0.1, 0.15) is 25.3 Å². The second kappa shape index (κ2) is 5.98. The van der Waals surface area contributed by atoms with Gasteiger partial charge in [-0.1, -0.05) is 25.1 Å². The van der Waals surface area contributed by atoms with E-state index in [0.717, 1.165) is 30.5 Å². The van der Waals surface area contributed by atoms with Crippen LogP contribution in [0.5, 0.6) is 0 Å². The van der Waals surface area contributed by atoms with Gasteiger partial charge < -0.3 is 15.8 Å². The summed E-state index contributed by atoms with van der Waals surface area (Å²) < 4.78 is 5.58. The summed E-state index contributed by atoms with van der Waals surface area (Å²) in [5, 5.41) is 2.94. The van der Waals surface area contributed by atoms with Crippen LogP contribution in [0, 0.1) is 0 Å². The lowest BCUT2D eigenvalue weighted by Gasteiger charge is -2.14. The van der Waals surface area contributed by atoms with E-state index in [-0.39, 0.29) is 18.1 Å². The molecule has 1 saturated heterocycles. The molecule has 1 aromatic carbocycles. The Morgan fingerprint density at radius 3 is 2.89 bits per heavy atom. The highest BCUT2D eigenvalue weighted by atomic mass is 16.5. The molecular weight excluding hydrogens is 228 g/mol. The van der Waals surface area contributed by atoms with Crippen molar-refractivity contribution in [2.45, 2.75) is 38.4 Å². The molecule has 0 radical (unpaired) electrons. The zero-order valence-corrected chi connectivity index (χ0v) is 10.7. The Morgan fingerprint density at radius 1 is 1.44 bits per heavy atom. The number of hydrogen-bond donors (Lipinski definition) is 2. The first-order valence-electron chi connectivity index (χ1n) is 6.49. The number of hydrogen-bond acceptors (Lipinski definition) is 3. The van der Waals surface area contributed by atoms with E-state index in [1.54, 1.807) is 0 Å². The number of ether oxygens (including phenoxy) is 1. The summed E-state index contributed by atoms with van der Waals surface area (Å²) >= 11 is 0. The van der Waals surface area contributed by atoms with Gasteiger partial charge in [0.25, 0.3) is 5.91 Å². The summed E-state index contributed by atoms with van der Waals surface area (Å²) in [6.45, 7) is 2.55. The van der Waals surface area contributed by atoms with Gasteiger partial charge in [0.05, 0.1) is 6.10 Å². The largest absolute Gasteiger partial charge is 0.364 e. The number of para-hydroxylation sites is 1. The van der Waals surface area contributed by atoms with Gasteiger partial charge in [-0.15, -0.1) is 0 Å². The molecule has 4 heteroatoms. The van der Waals surface area contributed by atoms with Gasteiger partial charge in [0.1, 0.15) is 6.10 Å². The maximum absolute atomic E-state index is 12.1. The third-order valence-corrected chi connectivity index (χ3v) is 3.32. The van der Waals surface area contributed by atoms with Crippen LogP contribution >= 0.6 is 0 Å². The second-order valence-corrected chi connectivity index (χ2v) is 4.56. The molecular formula is C14H20N2O2. The molecule has 0 unspecified atom stereocenters. The summed E-state index contributed by atoms with van der Waals surface area (Å²) in [4.78, 5) is 12.1. The molecule has 98 valence electrons. The summed E-state index contributed by atoms with van der Waals surface area (Å²) in [5.41, 5.74) is 7.56. The van der Waals surface area contributed by atoms with Gasteiger partial charge in [-0.05, 0) is 30.9 Å². The molecule has 4 nitrogen and oxygen atoms in total. The van der Waals surface area contributed by atoms with Crippen molar-refractivity contribution in [3.8, 4) is 0 Å². The molecule has 2 rings (SSSR count). The Kier molecular flexibility index (Phi) is 4.33. The zero-order valence-electron chi connectivity index (χ0n) is 10.7. The number of nitrogens with two attached hydrogens (primary N) is 1. The van der Waals surface area contributed by atoms with Crippen molar-refractivity contribution >= 4 is 11.6 Å². The fourth-order valence-electron chi connectivity index (χ4n) is 2.24. The highest BCUT2D eigenvalue weighted by Gasteiger charge is 2.29. The van der Waals surface area contributed by atoms with Gasteiger partial charge in [0.15, 0.2) is 0 Å². The van der Waals surface area contributed by atoms with Crippen LogP contribution in [-0.4, -0.2) is 24.7 Å². The quantitative estimate of drug-likeness (QED) is 0.852. The van der Waals surface area contributed by atoms with E-state index in [1.165, 1.54) is 0 Å². The number of nitrogens with one attached hydrogen (secondary N) is 1. The molecule has 1 aromatic rings. The van der Waals surface area contributed by atoms with Crippen molar-refractivity contribution in [3.05, 3.63) is 29.8 Å². The Bertz CT molecular complexity index is 420. The van der Waals surface area contributed by atoms with Crippen molar-refractivity contribution in [3.63, 3.8) is 0 Å². The van der Waals surface area contributed by atoms with Crippen LogP contribution in [0.15, 0.2) is 24.3 Å². The Labute approximate surface area is 108 Å². The van der Waals surface area contributed by atoms with Gasteiger partial charge >= 0.3 is 0 Å². The highest BCUT2D eigenvalue weighted by Crippen LogP contribution is 2.22. The fraction of sp³-hybridized carbons (Fsp3) is 0.500. The molecule has 1 aliphatic rings. The second-order valence-electron chi connectivity index (χ2n) is 4.56. The Morgan fingerprint density at radius 2 is 2.22 bits per heavy atom. The first kappa shape index (κ1) is 13.1. The maximum Gasteiger partial charge on any atom is 0.253 e. The van der Waals surface area contributed by atoms with E-state index in [9.17, 15) is 4.79 Å². The minimum absolute atomic E-state index is 0.0298. The number of rotatable bonds is 4. The first-order chi connectivity index (χ1) is 8.74. The van der Waals surface area contributed by atoms with E-state index in [0.29, 0.717) is 6.54 Å². The maximum atomic E-state index is 12.1. The van der Waals surface area contributed by atoms with Crippen LogP contribution in [0.2, 0.25) is 0 Å². The molecule has 1 amide bonds. The van der Waals surface area contributed by atoms with Crippen molar-refractivity contribution < 1.29 is 9.53 Å². The van der Waals surface area contributed by atoms with Crippen LogP contribution in [0.4, 0.5) is 5.69 Å². The molecule has 1 aliphatic heterocycles. The predicted octanol–water partition coefficient (Wildman–Crippen LogP) is 1.69. The Balaban J connectivity index is 1.99. The molecule has 3 N–H and O–H groups in total. The van der Waals surface area contributed by atoms with Crippen LogP contribution in [0.25, 0.3) is 0 Å². The molecule has 0 spiro atoms. The highest BCUT2D eigenvalue weighted by molar-refractivity contribution is 5.95. The van der Waals surface area contributed by atoms with Crippen molar-refractivity contribution in [2.24, 2.45) is 5.73 Å². The molecule has 2 atom stereocenters. The summed E-state index contributed by atoms with van der Waals surface area (Å²) in [6, 6.07) is 7.85. The summed E-state index contributed by atoms with van der Waals surface area (Å²) in [7, 11) is 0. The van der Waals surface area contributed by atoms with Gasteiger partial charge in [-0.2, -0.15) is 0 Å². The normalized spacial score (nSPS) is 23.0. The van der Waals surface area contributed by atoms with Gasteiger partial charge in [0.2, 0.25) is 0 Å². The van der Waals surface area contributed by atoms with Gasteiger partial charge in [-0.25, -0.2) is 0 Å². The number of amides is 1. The zero-order chi connectivity index (χ0) is 13.0. The van der Waals surface area contributed by atoms with Crippen LogP contribution in [-0.2, 0) is 16.0 Å². The molecule has 18 heavy (non-hydrogen) atoms.